The third kappa shape index (κ3) is 3.09. The van der Waals surface area contributed by atoms with Crippen molar-refractivity contribution in [2.24, 2.45) is 0 Å². The van der Waals surface area contributed by atoms with Gasteiger partial charge in [0.1, 0.15) is 11.2 Å². The van der Waals surface area contributed by atoms with Crippen LogP contribution in [-0.4, -0.2) is 70.6 Å². The summed E-state index contributed by atoms with van der Waals surface area (Å²) >= 11 is 0. The number of aromatic nitrogens is 2. The van der Waals surface area contributed by atoms with Crippen LogP contribution >= 0.6 is 0 Å². The summed E-state index contributed by atoms with van der Waals surface area (Å²) < 4.78 is 0. The van der Waals surface area contributed by atoms with Crippen molar-refractivity contribution in [3.05, 3.63) is 41.6 Å². The highest BCUT2D eigenvalue weighted by Gasteiger charge is 2.46. The lowest BCUT2D eigenvalue weighted by Gasteiger charge is -2.44. The van der Waals surface area contributed by atoms with E-state index in [2.05, 4.69) is 20.4 Å². The minimum atomic E-state index is -0.495. The molecular formula is C21H27N5O2. The summed E-state index contributed by atoms with van der Waals surface area (Å²) in [5, 5.41) is 10.4. The number of nitrogens with zero attached hydrogens (tertiary/aromatic N) is 3. The number of hydrogen-bond acceptors (Lipinski definition) is 4. The lowest BCUT2D eigenvalue weighted by molar-refractivity contribution is -0.134. The number of H-pyrrole nitrogens is 1. The molecule has 2 aromatic rings. The number of carbonyl (C=O) groups excluding carboxylic acids is 2. The molecule has 0 saturated carbocycles. The van der Waals surface area contributed by atoms with Crippen LogP contribution < -0.4 is 5.32 Å². The van der Waals surface area contributed by atoms with E-state index < -0.39 is 5.54 Å². The van der Waals surface area contributed by atoms with Crippen molar-refractivity contribution in [3.8, 4) is 11.3 Å². The first-order chi connectivity index (χ1) is 13.5. The second-order valence-electron chi connectivity index (χ2n) is 7.79. The fraction of sp³-hybridized carbons (Fsp3) is 0.476. The van der Waals surface area contributed by atoms with E-state index in [1.54, 1.807) is 0 Å². The quantitative estimate of drug-likeness (QED) is 0.831. The third-order valence-electron chi connectivity index (χ3n) is 6.26. The number of rotatable bonds is 2. The van der Waals surface area contributed by atoms with Crippen molar-refractivity contribution in [2.45, 2.75) is 31.7 Å². The van der Waals surface area contributed by atoms with Gasteiger partial charge in [0.25, 0.3) is 5.91 Å². The zero-order chi connectivity index (χ0) is 19.7. The normalized spacial score (nSPS) is 20.1. The van der Waals surface area contributed by atoms with Crippen LogP contribution in [0.3, 0.4) is 0 Å². The van der Waals surface area contributed by atoms with Crippen LogP contribution in [0.5, 0.6) is 0 Å². The second-order valence-corrected chi connectivity index (χ2v) is 7.79. The zero-order valence-corrected chi connectivity index (χ0v) is 16.5. The van der Waals surface area contributed by atoms with E-state index in [-0.39, 0.29) is 11.8 Å². The molecule has 0 unspecified atom stereocenters. The Morgan fingerprint density at radius 2 is 1.86 bits per heavy atom. The molecule has 2 amide bonds. The molecule has 4 rings (SSSR count). The Labute approximate surface area is 165 Å². The van der Waals surface area contributed by atoms with Gasteiger partial charge in [-0.05, 0) is 33.2 Å². The Hall–Kier alpha value is -2.67. The summed E-state index contributed by atoms with van der Waals surface area (Å²) in [4.78, 5) is 29.8. The van der Waals surface area contributed by atoms with Gasteiger partial charge >= 0.3 is 0 Å². The molecule has 148 valence electrons. The first-order valence-electron chi connectivity index (χ1n) is 9.92. The number of carbonyl (C=O) groups is 2. The SMILES string of the molecule is Cc1c(-c2ccccc2)n[nH]c1C(=O)N1CCC2(CC1)C(=O)NCCCN2C. The molecule has 28 heavy (non-hydrogen) atoms. The first-order valence-corrected chi connectivity index (χ1v) is 9.92. The van der Waals surface area contributed by atoms with Crippen LogP contribution in [0.2, 0.25) is 0 Å². The summed E-state index contributed by atoms with van der Waals surface area (Å²) in [6.45, 7) is 4.68. The predicted molar refractivity (Wildman–Crippen MR) is 107 cm³/mol. The molecule has 1 aromatic heterocycles. The summed E-state index contributed by atoms with van der Waals surface area (Å²) in [5.41, 5.74) is 2.70. The molecule has 3 heterocycles. The van der Waals surface area contributed by atoms with Crippen molar-refractivity contribution in [3.63, 3.8) is 0 Å². The molecule has 2 fully saturated rings. The highest BCUT2D eigenvalue weighted by atomic mass is 16.2. The second kappa shape index (κ2) is 7.39. The van der Waals surface area contributed by atoms with Gasteiger partial charge in [-0.2, -0.15) is 5.10 Å². The van der Waals surface area contributed by atoms with Gasteiger partial charge in [-0.25, -0.2) is 0 Å². The summed E-state index contributed by atoms with van der Waals surface area (Å²) in [6, 6.07) is 9.86. The van der Waals surface area contributed by atoms with E-state index in [4.69, 9.17) is 0 Å². The van der Waals surface area contributed by atoms with Crippen LogP contribution in [0, 0.1) is 6.92 Å². The topological polar surface area (TPSA) is 81.3 Å². The molecule has 2 saturated heterocycles. The Balaban J connectivity index is 1.51. The maximum Gasteiger partial charge on any atom is 0.272 e. The summed E-state index contributed by atoms with van der Waals surface area (Å²) in [6.07, 6.45) is 2.27. The largest absolute Gasteiger partial charge is 0.354 e. The van der Waals surface area contributed by atoms with Crippen molar-refractivity contribution >= 4 is 11.8 Å². The van der Waals surface area contributed by atoms with E-state index in [9.17, 15) is 9.59 Å². The summed E-state index contributed by atoms with van der Waals surface area (Å²) in [7, 11) is 2.02. The predicted octanol–water partition coefficient (Wildman–Crippen LogP) is 1.81. The first kappa shape index (κ1) is 18.7. The number of benzene rings is 1. The van der Waals surface area contributed by atoms with Crippen LogP contribution in [0.15, 0.2) is 30.3 Å². The van der Waals surface area contributed by atoms with Gasteiger partial charge in [0.2, 0.25) is 5.91 Å². The van der Waals surface area contributed by atoms with Crippen LogP contribution in [0.25, 0.3) is 11.3 Å². The molecule has 7 nitrogen and oxygen atoms in total. The van der Waals surface area contributed by atoms with E-state index in [1.165, 1.54) is 0 Å². The molecule has 0 bridgehead atoms. The number of hydrogen-bond donors (Lipinski definition) is 2. The number of nitrogens with one attached hydrogen (secondary N) is 2. The zero-order valence-electron chi connectivity index (χ0n) is 16.5. The standard InChI is InChI=1S/C21H27N5O2/c1-15-17(16-7-4-3-5-8-16)23-24-18(15)19(27)26-13-9-21(10-14-26)20(28)22-11-6-12-25(21)2/h3-5,7-8H,6,9-14H2,1-2H3,(H,22,28)(H,23,24). The van der Waals surface area contributed by atoms with Gasteiger partial charge in [0.15, 0.2) is 0 Å². The van der Waals surface area contributed by atoms with E-state index >= 15 is 0 Å². The fourth-order valence-electron chi connectivity index (χ4n) is 4.40. The van der Waals surface area contributed by atoms with Gasteiger partial charge in [-0.3, -0.25) is 19.6 Å². The molecule has 1 aromatic carbocycles. The van der Waals surface area contributed by atoms with Crippen LogP contribution in [0.4, 0.5) is 0 Å². The maximum atomic E-state index is 13.1. The van der Waals surface area contributed by atoms with Gasteiger partial charge in [-0.1, -0.05) is 30.3 Å². The number of aromatic amines is 1. The third-order valence-corrected chi connectivity index (χ3v) is 6.26. The molecule has 0 aliphatic carbocycles. The molecule has 0 radical (unpaired) electrons. The molecule has 1 spiro atoms. The monoisotopic (exact) mass is 381 g/mol. The van der Waals surface area contributed by atoms with E-state index in [0.717, 1.165) is 36.3 Å². The number of likely N-dealkylation sites (tertiary alicyclic amines) is 1. The Morgan fingerprint density at radius 3 is 2.57 bits per heavy atom. The minimum absolute atomic E-state index is 0.0429. The van der Waals surface area contributed by atoms with E-state index in [1.807, 2.05) is 49.2 Å². The fourth-order valence-corrected chi connectivity index (χ4v) is 4.40. The lowest BCUT2D eigenvalue weighted by atomic mass is 9.85. The van der Waals surface area contributed by atoms with Gasteiger partial charge in [0, 0.05) is 37.3 Å². The van der Waals surface area contributed by atoms with Crippen molar-refractivity contribution in [2.75, 3.05) is 33.2 Å². The number of amides is 2. The van der Waals surface area contributed by atoms with Crippen LogP contribution in [0.1, 0.15) is 35.3 Å². The molecule has 2 aliphatic rings. The van der Waals surface area contributed by atoms with Crippen LogP contribution in [-0.2, 0) is 4.79 Å². The Kier molecular flexibility index (Phi) is 4.93. The lowest BCUT2D eigenvalue weighted by Crippen LogP contribution is -2.61. The van der Waals surface area contributed by atoms with Gasteiger partial charge in [0.05, 0.1) is 5.69 Å². The molecule has 0 atom stereocenters. The number of likely N-dealkylation sites (N-methyl/N-ethyl adjacent to an activating group) is 1. The van der Waals surface area contributed by atoms with Gasteiger partial charge in [-0.15, -0.1) is 0 Å². The highest BCUT2D eigenvalue weighted by Crippen LogP contribution is 2.31. The molecule has 2 aliphatic heterocycles. The molecular weight excluding hydrogens is 354 g/mol. The van der Waals surface area contributed by atoms with Crippen molar-refractivity contribution in [1.29, 1.82) is 0 Å². The van der Waals surface area contributed by atoms with Gasteiger partial charge < -0.3 is 10.2 Å². The number of piperidine rings is 1. The van der Waals surface area contributed by atoms with Crippen molar-refractivity contribution < 1.29 is 9.59 Å². The smallest absolute Gasteiger partial charge is 0.272 e. The van der Waals surface area contributed by atoms with Crippen molar-refractivity contribution in [1.82, 2.24) is 25.3 Å². The Bertz CT molecular complexity index is 868. The average Bonchev–Trinajstić information content (AvgIpc) is 3.06. The summed E-state index contributed by atoms with van der Waals surface area (Å²) in [5.74, 6) is 0.0578. The highest BCUT2D eigenvalue weighted by molar-refractivity contribution is 5.96. The Morgan fingerprint density at radius 1 is 1.14 bits per heavy atom. The molecule has 7 heteroatoms. The molecule has 2 N–H and O–H groups in total. The maximum absolute atomic E-state index is 13.1. The minimum Gasteiger partial charge on any atom is -0.354 e. The van der Waals surface area contributed by atoms with E-state index in [0.29, 0.717) is 31.6 Å². The average molecular weight is 381 g/mol.